The van der Waals surface area contributed by atoms with E-state index in [4.69, 9.17) is 0 Å². The zero-order valence-corrected chi connectivity index (χ0v) is 23.8. The number of anilines is 1. The summed E-state index contributed by atoms with van der Waals surface area (Å²) in [5.74, 6) is 0.176. The fourth-order valence-electron chi connectivity index (χ4n) is 5.19. The van der Waals surface area contributed by atoms with Gasteiger partial charge in [0.1, 0.15) is 4.90 Å². The van der Waals surface area contributed by atoms with Gasteiger partial charge in [-0.3, -0.25) is 14.1 Å². The van der Waals surface area contributed by atoms with Crippen LogP contribution in [0.4, 0.5) is 18.9 Å². The molecule has 1 atom stereocenters. The van der Waals surface area contributed by atoms with Gasteiger partial charge in [-0.2, -0.15) is 13.2 Å². The number of carbonyl (C=O) groups is 1. The Morgan fingerprint density at radius 1 is 1.15 bits per heavy atom. The van der Waals surface area contributed by atoms with E-state index in [1.165, 1.54) is 10.6 Å². The first kappa shape index (κ1) is 27.4. The smallest absolute Gasteiger partial charge is 0.366 e. The molecule has 1 amide bonds. The van der Waals surface area contributed by atoms with Gasteiger partial charge in [0.2, 0.25) is 20.9 Å². The number of aryl methyl sites for hydroxylation is 1. The van der Waals surface area contributed by atoms with Crippen LogP contribution in [0, 0.1) is 6.92 Å². The molecule has 1 saturated carbocycles. The largest absolute Gasteiger partial charge is 0.445 e. The first-order chi connectivity index (χ1) is 18.8. The molecule has 3 fully saturated rings. The number of nitrogens with one attached hydrogen (secondary N) is 1. The lowest BCUT2D eigenvalue weighted by Crippen LogP contribution is -2.58. The lowest BCUT2D eigenvalue weighted by molar-refractivity contribution is -0.141. The van der Waals surface area contributed by atoms with Crippen molar-refractivity contribution in [3.05, 3.63) is 23.0 Å². The Hall–Kier alpha value is -2.82. The van der Waals surface area contributed by atoms with Crippen LogP contribution in [0.25, 0.3) is 16.3 Å². The van der Waals surface area contributed by atoms with Crippen LogP contribution in [0.3, 0.4) is 0 Å². The number of fused-ring (bicyclic) bond motifs is 1. The Bertz CT molecular complexity index is 1590. The lowest BCUT2D eigenvalue weighted by Gasteiger charge is -2.43. The van der Waals surface area contributed by atoms with E-state index < -0.39 is 26.7 Å². The predicted molar refractivity (Wildman–Crippen MR) is 142 cm³/mol. The molecule has 11 nitrogen and oxygen atoms in total. The predicted octanol–water partition coefficient (Wildman–Crippen LogP) is 2.36. The quantitative estimate of drug-likeness (QED) is 0.460. The van der Waals surface area contributed by atoms with Crippen molar-refractivity contribution in [3.63, 3.8) is 0 Å². The van der Waals surface area contributed by atoms with E-state index in [0.29, 0.717) is 67.3 Å². The van der Waals surface area contributed by atoms with Gasteiger partial charge in [-0.05, 0) is 46.2 Å². The van der Waals surface area contributed by atoms with E-state index in [1.807, 2.05) is 28.7 Å². The van der Waals surface area contributed by atoms with Gasteiger partial charge in [0.25, 0.3) is 0 Å². The van der Waals surface area contributed by atoms with Crippen LogP contribution >= 0.6 is 11.3 Å². The number of imidazole rings is 1. The number of hydrogen-bond acceptors (Lipinski definition) is 9. The second-order valence-corrected chi connectivity index (χ2v) is 13.6. The molecule has 0 aromatic carbocycles. The first-order valence-corrected chi connectivity index (χ1v) is 15.3. The summed E-state index contributed by atoms with van der Waals surface area (Å²) >= 11 is 0.352. The summed E-state index contributed by atoms with van der Waals surface area (Å²) in [5.41, 5.74) is 1.13. The summed E-state index contributed by atoms with van der Waals surface area (Å²) in [6, 6.07) is 1.48. The Morgan fingerprint density at radius 3 is 2.40 bits per heavy atom. The number of alkyl halides is 3. The fraction of sp³-hybridized carbons (Fsp3) is 0.583. The maximum Gasteiger partial charge on any atom is 0.445 e. The topological polar surface area (TPSA) is 116 Å². The van der Waals surface area contributed by atoms with Crippen molar-refractivity contribution >= 4 is 38.5 Å². The standard InChI is InChI=1S/C24H29F3N8O3S2/c1-14-18-17(33-8-10-34(11-9-33)21(36)16-4-7-32(16)3)12-15(40(37,38)31-23(2)5-6-23)13-35(18)19(28-14)20-29-30-22(39-20)24(25,26)27/h12-13,16,31H,4-11H2,1-3H3/t16-/m1/s1. The Morgan fingerprint density at radius 2 is 1.85 bits per heavy atom. The van der Waals surface area contributed by atoms with Gasteiger partial charge in [-0.25, -0.2) is 18.1 Å². The lowest BCUT2D eigenvalue weighted by atomic mass is 10.0. The van der Waals surface area contributed by atoms with E-state index in [1.54, 1.807) is 13.0 Å². The van der Waals surface area contributed by atoms with Crippen LogP contribution in [0.1, 0.15) is 36.9 Å². The minimum atomic E-state index is -4.66. The summed E-state index contributed by atoms with van der Waals surface area (Å²) in [7, 11) is -2.03. The number of hydrogen-bond donors (Lipinski definition) is 1. The summed E-state index contributed by atoms with van der Waals surface area (Å²) < 4.78 is 70.9. The average molecular weight is 599 g/mol. The molecule has 6 rings (SSSR count). The molecule has 0 bridgehead atoms. The number of halogens is 3. The molecule has 3 aromatic rings. The van der Waals surface area contributed by atoms with Gasteiger partial charge >= 0.3 is 6.18 Å². The van der Waals surface area contributed by atoms with Crippen molar-refractivity contribution < 1.29 is 26.4 Å². The van der Waals surface area contributed by atoms with Gasteiger partial charge < -0.3 is 9.80 Å². The number of piperazine rings is 1. The highest BCUT2D eigenvalue weighted by Gasteiger charge is 2.42. The van der Waals surface area contributed by atoms with E-state index in [-0.39, 0.29) is 27.7 Å². The number of carbonyl (C=O) groups excluding carboxylic acids is 1. The molecule has 0 unspecified atom stereocenters. The van der Waals surface area contributed by atoms with E-state index in [9.17, 15) is 26.4 Å². The molecule has 2 aliphatic heterocycles. The zero-order chi connectivity index (χ0) is 28.6. The Balaban J connectivity index is 1.40. The van der Waals surface area contributed by atoms with Crippen LogP contribution in [0.15, 0.2) is 17.2 Å². The van der Waals surface area contributed by atoms with Crippen molar-refractivity contribution in [2.24, 2.45) is 0 Å². The van der Waals surface area contributed by atoms with E-state index in [2.05, 4.69) is 19.9 Å². The SMILES string of the molecule is Cc1nc(-c2nnc(C(F)(F)F)s2)n2cc(S(=O)(=O)NC3(C)CC3)cc(N3CCN(C(=O)[C@H]4CCN4C)CC3)c12. The van der Waals surface area contributed by atoms with Gasteiger partial charge in [-0.1, -0.05) is 11.3 Å². The number of nitrogens with zero attached hydrogens (tertiary/aromatic N) is 7. The zero-order valence-electron chi connectivity index (χ0n) is 22.2. The van der Waals surface area contributed by atoms with E-state index >= 15 is 0 Å². The minimum Gasteiger partial charge on any atom is -0.366 e. The molecule has 16 heteroatoms. The van der Waals surface area contributed by atoms with E-state index in [0.717, 1.165) is 13.0 Å². The van der Waals surface area contributed by atoms with Crippen LogP contribution in [-0.4, -0.2) is 95.1 Å². The molecular formula is C24H29F3N8O3S2. The highest BCUT2D eigenvalue weighted by molar-refractivity contribution is 7.89. The number of pyridine rings is 1. The average Bonchev–Trinajstić information content (AvgIpc) is 3.26. The molecule has 0 spiro atoms. The van der Waals surface area contributed by atoms with Gasteiger partial charge in [0, 0.05) is 44.5 Å². The molecule has 1 aliphatic carbocycles. The van der Waals surface area contributed by atoms with Gasteiger partial charge in [0.05, 0.1) is 22.9 Å². The summed E-state index contributed by atoms with van der Waals surface area (Å²) in [6.07, 6.45) is -1.01. The molecule has 2 saturated heterocycles. The molecule has 5 heterocycles. The van der Waals surface area contributed by atoms with Crippen LogP contribution in [-0.2, 0) is 21.0 Å². The monoisotopic (exact) mass is 598 g/mol. The summed E-state index contributed by atoms with van der Waals surface area (Å²) in [5, 5.41) is 5.83. The fourth-order valence-corrected chi connectivity index (χ4v) is 7.37. The van der Waals surface area contributed by atoms with Crippen molar-refractivity contribution in [2.45, 2.75) is 55.8 Å². The van der Waals surface area contributed by atoms with Crippen molar-refractivity contribution in [2.75, 3.05) is 44.7 Å². The highest BCUT2D eigenvalue weighted by atomic mass is 32.2. The number of sulfonamides is 1. The highest BCUT2D eigenvalue weighted by Crippen LogP contribution is 2.39. The number of amides is 1. The molecule has 40 heavy (non-hydrogen) atoms. The second kappa shape index (κ2) is 9.36. The summed E-state index contributed by atoms with van der Waals surface area (Å²) in [4.78, 5) is 23.3. The van der Waals surface area contributed by atoms with Crippen molar-refractivity contribution in [3.8, 4) is 10.8 Å². The molecule has 216 valence electrons. The normalized spacial score (nSPS) is 21.6. The second-order valence-electron chi connectivity index (χ2n) is 11.0. The molecule has 3 aromatic heterocycles. The Labute approximate surface area is 233 Å². The minimum absolute atomic E-state index is 0.0306. The number of aromatic nitrogens is 4. The van der Waals surface area contributed by atoms with Crippen LogP contribution in [0.5, 0.6) is 0 Å². The molecule has 3 aliphatic rings. The van der Waals surface area contributed by atoms with Gasteiger partial charge in [-0.15, -0.1) is 10.2 Å². The number of likely N-dealkylation sites (tertiary alicyclic amines) is 1. The maximum atomic E-state index is 13.4. The third kappa shape index (κ3) is 4.84. The summed E-state index contributed by atoms with van der Waals surface area (Å²) in [6.45, 7) is 6.30. The molecule has 1 N–H and O–H groups in total. The Kier molecular flexibility index (Phi) is 6.40. The third-order valence-electron chi connectivity index (χ3n) is 7.92. The maximum absolute atomic E-state index is 13.4. The molecular weight excluding hydrogens is 569 g/mol. The van der Waals surface area contributed by atoms with Crippen LogP contribution < -0.4 is 9.62 Å². The third-order valence-corrected chi connectivity index (χ3v) is 10.5. The van der Waals surface area contributed by atoms with Gasteiger partial charge in [0.15, 0.2) is 10.8 Å². The molecule has 0 radical (unpaired) electrons. The number of likely N-dealkylation sites (N-methyl/N-ethyl adjacent to an activating group) is 1. The van der Waals surface area contributed by atoms with Crippen molar-refractivity contribution in [1.29, 1.82) is 0 Å². The van der Waals surface area contributed by atoms with Crippen LogP contribution in [0.2, 0.25) is 0 Å². The van der Waals surface area contributed by atoms with Crippen molar-refractivity contribution in [1.82, 2.24) is 34.1 Å². The first-order valence-electron chi connectivity index (χ1n) is 13.0. The number of rotatable bonds is 6.